The van der Waals surface area contributed by atoms with Crippen LogP contribution in [0.4, 0.5) is 17.1 Å². The molecule has 0 saturated carbocycles. The Labute approximate surface area is 222 Å². The quantitative estimate of drug-likeness (QED) is 0.168. The van der Waals surface area contributed by atoms with Crippen LogP contribution in [0.1, 0.15) is 10.4 Å². The second-order valence-corrected chi connectivity index (χ2v) is 8.94. The molecule has 1 amide bonds. The number of nitro groups is 1. The first kappa shape index (κ1) is 25.1. The normalized spacial score (nSPS) is 13.2. The molecule has 0 atom stereocenters. The van der Waals surface area contributed by atoms with Crippen molar-refractivity contribution >= 4 is 51.3 Å². The van der Waals surface area contributed by atoms with Crippen LogP contribution in [0, 0.1) is 10.1 Å². The Morgan fingerprint density at radius 2 is 1.79 bits per heavy atom. The number of para-hydroxylation sites is 1. The van der Waals surface area contributed by atoms with Crippen LogP contribution >= 0.6 is 12.2 Å². The SMILES string of the molecule is O=C(NC(=S)Nc1cccc(-c2cc3ccccc3oc2=O)c1)c1ccc(N2CCOCC2)c([N+](=O)[O-])c1. The summed E-state index contributed by atoms with van der Waals surface area (Å²) in [4.78, 5) is 38.4. The zero-order chi connectivity index (χ0) is 26.6. The van der Waals surface area contributed by atoms with Crippen molar-refractivity contribution in [2.24, 2.45) is 0 Å². The molecule has 2 N–H and O–H groups in total. The maximum Gasteiger partial charge on any atom is 0.344 e. The van der Waals surface area contributed by atoms with Crippen LogP contribution in [0.3, 0.4) is 0 Å². The van der Waals surface area contributed by atoms with E-state index in [9.17, 15) is 19.7 Å². The molecule has 0 spiro atoms. The molecule has 1 aliphatic rings. The number of nitrogens with zero attached hydrogens (tertiary/aromatic N) is 2. The number of rotatable bonds is 5. The van der Waals surface area contributed by atoms with Crippen molar-refractivity contribution in [1.82, 2.24) is 5.32 Å². The molecule has 3 aromatic carbocycles. The van der Waals surface area contributed by atoms with Crippen molar-refractivity contribution < 1.29 is 18.9 Å². The van der Waals surface area contributed by atoms with Gasteiger partial charge in [0.25, 0.3) is 11.6 Å². The van der Waals surface area contributed by atoms with Crippen molar-refractivity contribution in [3.63, 3.8) is 0 Å². The zero-order valence-electron chi connectivity index (χ0n) is 20.0. The number of nitrogens with one attached hydrogen (secondary N) is 2. The molecule has 1 aromatic heterocycles. The Hall–Kier alpha value is -4.61. The lowest BCUT2D eigenvalue weighted by molar-refractivity contribution is -0.384. The minimum absolute atomic E-state index is 0.00222. The predicted octanol–water partition coefficient (Wildman–Crippen LogP) is 4.33. The third kappa shape index (κ3) is 5.38. The first-order valence-corrected chi connectivity index (χ1v) is 12.2. The minimum atomic E-state index is -0.592. The molecule has 38 heavy (non-hydrogen) atoms. The van der Waals surface area contributed by atoms with Gasteiger partial charge in [0, 0.05) is 35.8 Å². The Morgan fingerprint density at radius 3 is 2.58 bits per heavy atom. The average molecular weight is 531 g/mol. The number of carbonyl (C=O) groups excluding carboxylic acids is 1. The van der Waals surface area contributed by atoms with Crippen LogP contribution in [0.15, 0.2) is 82.0 Å². The summed E-state index contributed by atoms with van der Waals surface area (Å²) < 4.78 is 10.7. The number of carbonyl (C=O) groups is 1. The minimum Gasteiger partial charge on any atom is -0.422 e. The largest absolute Gasteiger partial charge is 0.422 e. The maximum absolute atomic E-state index is 12.8. The summed E-state index contributed by atoms with van der Waals surface area (Å²) in [5.74, 6) is -0.592. The van der Waals surface area contributed by atoms with E-state index >= 15 is 0 Å². The van der Waals surface area contributed by atoms with Crippen molar-refractivity contribution in [2.75, 3.05) is 36.5 Å². The van der Waals surface area contributed by atoms with Crippen LogP contribution < -0.4 is 21.2 Å². The van der Waals surface area contributed by atoms with Gasteiger partial charge in [0.2, 0.25) is 0 Å². The molecule has 10 nitrogen and oxygen atoms in total. The van der Waals surface area contributed by atoms with E-state index in [-0.39, 0.29) is 16.4 Å². The summed E-state index contributed by atoms with van der Waals surface area (Å²) in [5, 5.41) is 18.0. The highest BCUT2D eigenvalue weighted by atomic mass is 32.1. The Balaban J connectivity index is 1.31. The number of anilines is 2. The van der Waals surface area contributed by atoms with Gasteiger partial charge in [-0.05, 0) is 54.2 Å². The van der Waals surface area contributed by atoms with E-state index in [1.54, 1.807) is 48.5 Å². The van der Waals surface area contributed by atoms with E-state index in [0.29, 0.717) is 54.4 Å². The topological polar surface area (TPSA) is 127 Å². The molecule has 11 heteroatoms. The fourth-order valence-corrected chi connectivity index (χ4v) is 4.46. The van der Waals surface area contributed by atoms with Crippen LogP contribution in [0.25, 0.3) is 22.1 Å². The van der Waals surface area contributed by atoms with E-state index in [1.165, 1.54) is 12.1 Å². The van der Waals surface area contributed by atoms with E-state index in [2.05, 4.69) is 10.6 Å². The molecule has 2 heterocycles. The van der Waals surface area contributed by atoms with Crippen LogP contribution in [-0.4, -0.2) is 42.2 Å². The fraction of sp³-hybridized carbons (Fsp3) is 0.148. The first-order chi connectivity index (χ1) is 18.4. The number of amides is 1. The van der Waals surface area contributed by atoms with Crippen LogP contribution in [0.5, 0.6) is 0 Å². The van der Waals surface area contributed by atoms with E-state index in [1.807, 2.05) is 17.0 Å². The third-order valence-electron chi connectivity index (χ3n) is 6.09. The number of benzene rings is 3. The average Bonchev–Trinajstić information content (AvgIpc) is 2.92. The standard InChI is InChI=1S/C27H22N4O6S/c32-25(19-8-9-22(23(16-19)31(34)35)30-10-12-36-13-11-30)29-27(38)28-20-6-3-5-17(14-20)21-15-18-4-1-2-7-24(18)37-26(21)33/h1-9,14-16H,10-13H2,(H2,28,29,32,38). The Kier molecular flexibility index (Phi) is 7.11. The van der Waals surface area contributed by atoms with Crippen LogP contribution in [-0.2, 0) is 4.74 Å². The van der Waals surface area contributed by atoms with Gasteiger partial charge >= 0.3 is 5.63 Å². The highest BCUT2D eigenvalue weighted by molar-refractivity contribution is 7.80. The van der Waals surface area contributed by atoms with Crippen molar-refractivity contribution in [3.05, 3.63) is 98.9 Å². The number of morpholine rings is 1. The van der Waals surface area contributed by atoms with Gasteiger partial charge in [0.1, 0.15) is 11.3 Å². The summed E-state index contributed by atoms with van der Waals surface area (Å²) in [6.07, 6.45) is 0. The van der Waals surface area contributed by atoms with Gasteiger partial charge in [-0.2, -0.15) is 0 Å². The molecule has 1 saturated heterocycles. The van der Waals surface area contributed by atoms with Gasteiger partial charge < -0.3 is 19.4 Å². The van der Waals surface area contributed by atoms with Gasteiger partial charge in [-0.1, -0.05) is 30.3 Å². The maximum atomic E-state index is 12.8. The first-order valence-electron chi connectivity index (χ1n) is 11.8. The van der Waals surface area contributed by atoms with Crippen molar-refractivity contribution in [1.29, 1.82) is 0 Å². The molecular formula is C27H22N4O6S. The second kappa shape index (κ2) is 10.8. The molecule has 0 aliphatic carbocycles. The highest BCUT2D eigenvalue weighted by Gasteiger charge is 2.23. The lowest BCUT2D eigenvalue weighted by Crippen LogP contribution is -2.37. The molecule has 5 rings (SSSR count). The lowest BCUT2D eigenvalue weighted by Gasteiger charge is -2.28. The summed E-state index contributed by atoms with van der Waals surface area (Å²) in [6, 6.07) is 20.3. The number of hydrogen-bond donors (Lipinski definition) is 2. The summed E-state index contributed by atoms with van der Waals surface area (Å²) in [5.41, 5.74) is 1.92. The second-order valence-electron chi connectivity index (χ2n) is 8.53. The van der Waals surface area contributed by atoms with Gasteiger partial charge in [-0.3, -0.25) is 20.2 Å². The fourth-order valence-electron chi connectivity index (χ4n) is 4.25. The molecular weight excluding hydrogens is 508 g/mol. The molecule has 0 radical (unpaired) electrons. The molecule has 0 bridgehead atoms. The van der Waals surface area contributed by atoms with Gasteiger partial charge in [-0.15, -0.1) is 0 Å². The predicted molar refractivity (Wildman–Crippen MR) is 148 cm³/mol. The zero-order valence-corrected chi connectivity index (χ0v) is 20.8. The molecule has 192 valence electrons. The van der Waals surface area contributed by atoms with Crippen LogP contribution in [0.2, 0.25) is 0 Å². The van der Waals surface area contributed by atoms with Gasteiger partial charge in [0.05, 0.1) is 23.7 Å². The molecule has 4 aromatic rings. The molecule has 0 unspecified atom stereocenters. The molecule has 1 fully saturated rings. The van der Waals surface area contributed by atoms with Gasteiger partial charge in [0.15, 0.2) is 5.11 Å². The molecule has 1 aliphatic heterocycles. The number of ether oxygens (including phenoxy) is 1. The van der Waals surface area contributed by atoms with E-state index in [4.69, 9.17) is 21.4 Å². The lowest BCUT2D eigenvalue weighted by atomic mass is 10.1. The summed E-state index contributed by atoms with van der Waals surface area (Å²) in [6.45, 7) is 2.01. The Bertz CT molecular complexity index is 1610. The van der Waals surface area contributed by atoms with E-state index < -0.39 is 16.5 Å². The summed E-state index contributed by atoms with van der Waals surface area (Å²) in [7, 11) is 0. The number of fused-ring (bicyclic) bond motifs is 1. The van der Waals surface area contributed by atoms with E-state index in [0.717, 1.165) is 5.39 Å². The monoisotopic (exact) mass is 530 g/mol. The number of nitro benzene ring substituents is 1. The summed E-state index contributed by atoms with van der Waals surface area (Å²) >= 11 is 5.29. The van der Waals surface area contributed by atoms with Gasteiger partial charge in [-0.25, -0.2) is 4.79 Å². The highest BCUT2D eigenvalue weighted by Crippen LogP contribution is 2.30. The smallest absolute Gasteiger partial charge is 0.344 e. The van der Waals surface area contributed by atoms with Crippen molar-refractivity contribution in [2.45, 2.75) is 0 Å². The third-order valence-corrected chi connectivity index (χ3v) is 6.29. The van der Waals surface area contributed by atoms with Crippen molar-refractivity contribution in [3.8, 4) is 11.1 Å². The number of hydrogen-bond acceptors (Lipinski definition) is 8. The number of thiocarbonyl (C=S) groups is 1. The Morgan fingerprint density at radius 1 is 1.00 bits per heavy atom.